The molecule has 0 spiro atoms. The molecule has 0 aromatic carbocycles. The van der Waals surface area contributed by atoms with Gasteiger partial charge in [-0.25, -0.2) is 15.0 Å². The van der Waals surface area contributed by atoms with Crippen molar-refractivity contribution in [3.05, 3.63) is 41.3 Å². The first-order valence-electron chi connectivity index (χ1n) is 5.32. The van der Waals surface area contributed by atoms with Crippen molar-refractivity contribution in [2.75, 3.05) is 0 Å². The molecule has 2 aromatic heterocycles. The number of aromatic nitrogens is 3. The fraction of sp³-hybridized carbons (Fsp3) is 0.250. The highest BCUT2D eigenvalue weighted by Gasteiger charge is 2.10. The zero-order valence-corrected chi connectivity index (χ0v) is 10.7. The molecule has 0 aliphatic heterocycles. The Kier molecular flexibility index (Phi) is 3.71. The quantitative estimate of drug-likeness (QED) is 0.840. The summed E-state index contributed by atoms with van der Waals surface area (Å²) in [6.07, 6.45) is 3.44. The molecular formula is C12H14N4S. The summed E-state index contributed by atoms with van der Waals surface area (Å²) >= 11 is 1.45. The largest absolute Gasteiger partial charge is 0.326 e. The van der Waals surface area contributed by atoms with Crippen LogP contribution in [0.1, 0.15) is 16.8 Å². The molecule has 0 bridgehead atoms. The molecule has 2 N–H and O–H groups in total. The standard InChI is InChI=1S/C12H14N4S/c1-8-6-9(2)16-11(10(8)7-13)17-12-14-4-3-5-15-12/h3-6H,7,13H2,1-2H3. The summed E-state index contributed by atoms with van der Waals surface area (Å²) in [4.78, 5) is 12.9. The molecule has 2 aromatic rings. The fourth-order valence-corrected chi connectivity index (χ4v) is 2.54. The van der Waals surface area contributed by atoms with Gasteiger partial charge in [-0.2, -0.15) is 0 Å². The average Bonchev–Trinajstić information content (AvgIpc) is 2.30. The van der Waals surface area contributed by atoms with Gasteiger partial charge >= 0.3 is 0 Å². The summed E-state index contributed by atoms with van der Waals surface area (Å²) in [7, 11) is 0. The van der Waals surface area contributed by atoms with Crippen LogP contribution in [0.3, 0.4) is 0 Å². The van der Waals surface area contributed by atoms with Gasteiger partial charge in [0, 0.05) is 30.2 Å². The third kappa shape index (κ3) is 2.81. The molecule has 4 nitrogen and oxygen atoms in total. The van der Waals surface area contributed by atoms with Crippen molar-refractivity contribution in [1.82, 2.24) is 15.0 Å². The SMILES string of the molecule is Cc1cc(C)c(CN)c(Sc2ncccn2)n1. The molecule has 2 rings (SSSR count). The lowest BCUT2D eigenvalue weighted by atomic mass is 10.1. The van der Waals surface area contributed by atoms with Gasteiger partial charge in [-0.1, -0.05) is 0 Å². The average molecular weight is 246 g/mol. The Morgan fingerprint density at radius 1 is 1.24 bits per heavy atom. The number of hydrogen-bond acceptors (Lipinski definition) is 5. The number of aryl methyl sites for hydroxylation is 2. The second-order valence-electron chi connectivity index (χ2n) is 3.70. The van der Waals surface area contributed by atoms with Gasteiger partial charge in [0.1, 0.15) is 5.03 Å². The first kappa shape index (κ1) is 12.0. The maximum absolute atomic E-state index is 5.76. The van der Waals surface area contributed by atoms with Crippen LogP contribution in [0.2, 0.25) is 0 Å². The predicted octanol–water partition coefficient (Wildman–Crippen LogP) is 2.10. The van der Waals surface area contributed by atoms with Crippen LogP contribution in [0.5, 0.6) is 0 Å². The molecule has 5 heteroatoms. The van der Waals surface area contributed by atoms with Gasteiger partial charge in [-0.05, 0) is 43.3 Å². The number of hydrogen-bond donors (Lipinski definition) is 1. The van der Waals surface area contributed by atoms with E-state index >= 15 is 0 Å². The molecule has 0 atom stereocenters. The Bertz CT molecular complexity index is 513. The third-order valence-corrected chi connectivity index (χ3v) is 3.30. The zero-order valence-electron chi connectivity index (χ0n) is 9.84. The Hall–Kier alpha value is -1.46. The van der Waals surface area contributed by atoms with Crippen LogP contribution in [0.4, 0.5) is 0 Å². The van der Waals surface area contributed by atoms with Gasteiger partial charge in [0.25, 0.3) is 0 Å². The van der Waals surface area contributed by atoms with E-state index < -0.39 is 0 Å². The normalized spacial score (nSPS) is 10.5. The predicted molar refractivity (Wildman–Crippen MR) is 67.8 cm³/mol. The zero-order chi connectivity index (χ0) is 12.3. The van der Waals surface area contributed by atoms with E-state index in [1.807, 2.05) is 19.9 Å². The van der Waals surface area contributed by atoms with Crippen LogP contribution >= 0.6 is 11.8 Å². The summed E-state index contributed by atoms with van der Waals surface area (Å²) < 4.78 is 0. The van der Waals surface area contributed by atoms with Crippen molar-refractivity contribution in [3.63, 3.8) is 0 Å². The van der Waals surface area contributed by atoms with Crippen molar-refractivity contribution >= 4 is 11.8 Å². The molecule has 88 valence electrons. The van der Waals surface area contributed by atoms with Gasteiger partial charge in [0.05, 0.1) is 0 Å². The lowest BCUT2D eigenvalue weighted by molar-refractivity contribution is 0.907. The van der Waals surface area contributed by atoms with Crippen molar-refractivity contribution in [1.29, 1.82) is 0 Å². The second kappa shape index (κ2) is 5.25. The Balaban J connectivity index is 2.38. The molecule has 2 heterocycles. The molecule has 0 amide bonds. The van der Waals surface area contributed by atoms with Crippen LogP contribution < -0.4 is 5.73 Å². The van der Waals surface area contributed by atoms with E-state index in [-0.39, 0.29) is 0 Å². The number of nitrogens with two attached hydrogens (primary N) is 1. The molecule has 0 saturated carbocycles. The van der Waals surface area contributed by atoms with E-state index in [4.69, 9.17) is 5.73 Å². The van der Waals surface area contributed by atoms with Crippen molar-refractivity contribution in [3.8, 4) is 0 Å². The van der Waals surface area contributed by atoms with Crippen LogP contribution in [-0.4, -0.2) is 15.0 Å². The molecular weight excluding hydrogens is 232 g/mol. The third-order valence-electron chi connectivity index (χ3n) is 2.37. The highest BCUT2D eigenvalue weighted by molar-refractivity contribution is 7.99. The minimum atomic E-state index is 0.480. The first-order valence-corrected chi connectivity index (χ1v) is 6.14. The molecule has 0 saturated heterocycles. The van der Waals surface area contributed by atoms with E-state index in [1.165, 1.54) is 17.3 Å². The van der Waals surface area contributed by atoms with E-state index in [0.29, 0.717) is 11.7 Å². The van der Waals surface area contributed by atoms with Crippen molar-refractivity contribution in [2.45, 2.75) is 30.6 Å². The van der Waals surface area contributed by atoms with Gasteiger partial charge in [0.15, 0.2) is 5.16 Å². The highest BCUT2D eigenvalue weighted by Crippen LogP contribution is 2.27. The van der Waals surface area contributed by atoms with Gasteiger partial charge in [-0.15, -0.1) is 0 Å². The van der Waals surface area contributed by atoms with Gasteiger partial charge in [-0.3, -0.25) is 0 Å². The molecule has 0 radical (unpaired) electrons. The summed E-state index contributed by atoms with van der Waals surface area (Å²) in [6.45, 7) is 4.50. The van der Waals surface area contributed by atoms with Crippen LogP contribution in [0, 0.1) is 13.8 Å². The summed E-state index contributed by atoms with van der Waals surface area (Å²) in [5.41, 5.74) is 8.97. The highest BCUT2D eigenvalue weighted by atomic mass is 32.2. The van der Waals surface area contributed by atoms with E-state index in [2.05, 4.69) is 15.0 Å². The lowest BCUT2D eigenvalue weighted by Gasteiger charge is -2.09. The topological polar surface area (TPSA) is 64.7 Å². The Morgan fingerprint density at radius 3 is 2.59 bits per heavy atom. The Labute approximate surface area is 105 Å². The minimum absolute atomic E-state index is 0.480. The van der Waals surface area contributed by atoms with Crippen LogP contribution in [-0.2, 0) is 6.54 Å². The van der Waals surface area contributed by atoms with Gasteiger partial charge in [0.2, 0.25) is 0 Å². The number of rotatable bonds is 3. The number of pyridine rings is 1. The Morgan fingerprint density at radius 2 is 1.94 bits per heavy atom. The van der Waals surface area contributed by atoms with E-state index in [0.717, 1.165) is 16.3 Å². The summed E-state index contributed by atoms with van der Waals surface area (Å²) in [6, 6.07) is 3.83. The molecule has 0 unspecified atom stereocenters. The van der Waals surface area contributed by atoms with Crippen LogP contribution in [0.15, 0.2) is 34.7 Å². The molecule has 0 aliphatic carbocycles. The van der Waals surface area contributed by atoms with Crippen molar-refractivity contribution in [2.24, 2.45) is 5.73 Å². The second-order valence-corrected chi connectivity index (χ2v) is 4.66. The number of nitrogens with zero attached hydrogens (tertiary/aromatic N) is 3. The van der Waals surface area contributed by atoms with E-state index in [9.17, 15) is 0 Å². The molecule has 0 fully saturated rings. The first-order chi connectivity index (χ1) is 8.20. The monoisotopic (exact) mass is 246 g/mol. The fourth-order valence-electron chi connectivity index (χ4n) is 1.59. The maximum Gasteiger partial charge on any atom is 0.193 e. The molecule has 0 aliphatic rings. The van der Waals surface area contributed by atoms with Crippen molar-refractivity contribution < 1.29 is 0 Å². The summed E-state index contributed by atoms with van der Waals surface area (Å²) in [5.74, 6) is 0. The summed E-state index contributed by atoms with van der Waals surface area (Å²) in [5, 5.41) is 1.59. The van der Waals surface area contributed by atoms with Crippen LogP contribution in [0.25, 0.3) is 0 Å². The molecule has 17 heavy (non-hydrogen) atoms. The maximum atomic E-state index is 5.76. The lowest BCUT2D eigenvalue weighted by Crippen LogP contribution is -2.04. The minimum Gasteiger partial charge on any atom is -0.326 e. The smallest absolute Gasteiger partial charge is 0.193 e. The van der Waals surface area contributed by atoms with Gasteiger partial charge < -0.3 is 5.73 Å². The van der Waals surface area contributed by atoms with E-state index in [1.54, 1.807) is 18.5 Å².